The maximum atomic E-state index is 5.35. The van der Waals surface area contributed by atoms with Gasteiger partial charge in [0, 0.05) is 12.6 Å². The van der Waals surface area contributed by atoms with Crippen molar-refractivity contribution in [2.24, 2.45) is 0 Å². The fourth-order valence-electron chi connectivity index (χ4n) is 3.57. The van der Waals surface area contributed by atoms with Crippen LogP contribution < -0.4 is 10.1 Å². The highest BCUT2D eigenvalue weighted by molar-refractivity contribution is 5.77. The molecule has 4 heteroatoms. The molecule has 0 fully saturated rings. The number of nitrogens with one attached hydrogen (secondary N) is 1. The summed E-state index contributed by atoms with van der Waals surface area (Å²) in [6, 6.07) is 6.19. The molecular formula is C21H31N3O. The van der Waals surface area contributed by atoms with Crippen LogP contribution in [0.15, 0.2) is 29.8 Å². The summed E-state index contributed by atoms with van der Waals surface area (Å²) in [4.78, 5) is 4.86. The number of aromatic nitrogens is 2. The zero-order chi connectivity index (χ0) is 17.5. The highest BCUT2D eigenvalue weighted by Gasteiger charge is 2.11. The van der Waals surface area contributed by atoms with Crippen LogP contribution in [0.4, 0.5) is 0 Å². The summed E-state index contributed by atoms with van der Waals surface area (Å²) >= 11 is 0. The zero-order valence-corrected chi connectivity index (χ0v) is 15.7. The molecule has 3 rings (SSSR count). The first kappa shape index (κ1) is 18.0. The number of unbranched alkanes of at least 4 members (excludes halogenated alkanes) is 1. The van der Waals surface area contributed by atoms with E-state index in [2.05, 4.69) is 29.0 Å². The van der Waals surface area contributed by atoms with Crippen molar-refractivity contribution in [3.05, 3.63) is 35.7 Å². The minimum Gasteiger partial charge on any atom is -0.497 e. The van der Waals surface area contributed by atoms with E-state index < -0.39 is 0 Å². The average Bonchev–Trinajstić information content (AvgIpc) is 3.00. The summed E-state index contributed by atoms with van der Waals surface area (Å²) in [6.07, 6.45) is 11.3. The number of fused-ring (bicyclic) bond motifs is 1. The largest absolute Gasteiger partial charge is 0.497 e. The molecule has 1 aliphatic carbocycles. The maximum absolute atomic E-state index is 5.35. The molecular weight excluding hydrogens is 310 g/mol. The fraction of sp³-hybridized carbons (Fsp3) is 0.571. The number of allylic oxidation sites excluding steroid dienone is 1. The molecule has 136 valence electrons. The van der Waals surface area contributed by atoms with Crippen molar-refractivity contribution in [2.75, 3.05) is 13.7 Å². The van der Waals surface area contributed by atoms with Gasteiger partial charge in [-0.15, -0.1) is 0 Å². The van der Waals surface area contributed by atoms with Crippen molar-refractivity contribution >= 4 is 11.0 Å². The lowest BCUT2D eigenvalue weighted by molar-refractivity contribution is 0.415. The number of ether oxygens (including phenoxy) is 1. The van der Waals surface area contributed by atoms with Gasteiger partial charge in [0.25, 0.3) is 0 Å². The van der Waals surface area contributed by atoms with Crippen molar-refractivity contribution in [3.63, 3.8) is 0 Å². The molecule has 1 aromatic carbocycles. The van der Waals surface area contributed by atoms with E-state index in [1.54, 1.807) is 12.7 Å². The zero-order valence-electron chi connectivity index (χ0n) is 15.7. The van der Waals surface area contributed by atoms with Gasteiger partial charge in [0.1, 0.15) is 11.6 Å². The highest BCUT2D eigenvalue weighted by atomic mass is 16.5. The number of nitrogens with zero attached hydrogens (tertiary/aromatic N) is 2. The molecule has 0 aliphatic heterocycles. The minimum absolute atomic E-state index is 0.827. The van der Waals surface area contributed by atoms with Crippen LogP contribution in [0.1, 0.15) is 57.7 Å². The Kier molecular flexibility index (Phi) is 6.51. The normalized spacial score (nSPS) is 14.7. The Labute approximate surface area is 151 Å². The Morgan fingerprint density at radius 3 is 2.96 bits per heavy atom. The Morgan fingerprint density at radius 2 is 2.20 bits per heavy atom. The molecule has 4 nitrogen and oxygen atoms in total. The van der Waals surface area contributed by atoms with Crippen LogP contribution in [-0.2, 0) is 13.1 Å². The molecule has 1 heterocycles. The summed E-state index contributed by atoms with van der Waals surface area (Å²) in [7, 11) is 1.71. The second kappa shape index (κ2) is 9.04. The first-order valence-corrected chi connectivity index (χ1v) is 9.73. The minimum atomic E-state index is 0.827. The number of hydrogen-bond donors (Lipinski definition) is 1. The standard InChI is InChI=1S/C21H31N3O/c1-3-4-14-24-20-11-10-18(25-2)15-19(20)23-21(24)16-22-13-12-17-8-6-5-7-9-17/h8,10-11,15,22H,3-7,9,12-14,16H2,1-2H3. The van der Waals surface area contributed by atoms with E-state index in [1.807, 2.05) is 12.1 Å². The van der Waals surface area contributed by atoms with Crippen LogP contribution in [0.3, 0.4) is 0 Å². The number of imidazole rings is 1. The van der Waals surface area contributed by atoms with E-state index in [9.17, 15) is 0 Å². The van der Waals surface area contributed by atoms with Crippen LogP contribution in [0, 0.1) is 0 Å². The fourth-order valence-corrected chi connectivity index (χ4v) is 3.57. The third-order valence-corrected chi connectivity index (χ3v) is 5.06. The monoisotopic (exact) mass is 341 g/mol. The van der Waals surface area contributed by atoms with E-state index in [-0.39, 0.29) is 0 Å². The van der Waals surface area contributed by atoms with Crippen LogP contribution in [-0.4, -0.2) is 23.2 Å². The molecule has 2 aromatic rings. The van der Waals surface area contributed by atoms with Crippen LogP contribution in [0.5, 0.6) is 5.75 Å². The number of methoxy groups -OCH3 is 1. The number of benzene rings is 1. The van der Waals surface area contributed by atoms with Crippen molar-refractivity contribution in [1.29, 1.82) is 0 Å². The van der Waals surface area contributed by atoms with Gasteiger partial charge in [0.15, 0.2) is 0 Å². The third-order valence-electron chi connectivity index (χ3n) is 5.06. The molecule has 0 unspecified atom stereocenters. The summed E-state index contributed by atoms with van der Waals surface area (Å²) in [5.74, 6) is 2.01. The number of aryl methyl sites for hydroxylation is 1. The van der Waals surface area contributed by atoms with Crippen LogP contribution in [0.2, 0.25) is 0 Å². The molecule has 0 atom stereocenters. The average molecular weight is 341 g/mol. The molecule has 0 saturated carbocycles. The highest BCUT2D eigenvalue weighted by Crippen LogP contribution is 2.23. The molecule has 0 spiro atoms. The first-order chi connectivity index (χ1) is 12.3. The van der Waals surface area contributed by atoms with Crippen molar-refractivity contribution < 1.29 is 4.74 Å². The van der Waals surface area contributed by atoms with Gasteiger partial charge in [-0.2, -0.15) is 0 Å². The van der Waals surface area contributed by atoms with Crippen molar-refractivity contribution in [2.45, 2.75) is 65.0 Å². The summed E-state index contributed by atoms with van der Waals surface area (Å²) in [5.41, 5.74) is 3.87. The molecule has 25 heavy (non-hydrogen) atoms. The second-order valence-electron chi connectivity index (χ2n) is 6.92. The topological polar surface area (TPSA) is 39.1 Å². The molecule has 0 saturated heterocycles. The van der Waals surface area contributed by atoms with Gasteiger partial charge >= 0.3 is 0 Å². The molecule has 1 aromatic heterocycles. The van der Waals surface area contributed by atoms with Gasteiger partial charge in [0.2, 0.25) is 0 Å². The molecule has 1 aliphatic rings. The molecule has 0 amide bonds. The summed E-state index contributed by atoms with van der Waals surface area (Å²) in [5, 5.41) is 3.60. The van der Waals surface area contributed by atoms with E-state index in [1.165, 1.54) is 50.5 Å². The Bertz CT molecular complexity index is 717. The Balaban J connectivity index is 1.66. The second-order valence-corrected chi connectivity index (χ2v) is 6.92. The maximum Gasteiger partial charge on any atom is 0.123 e. The van der Waals surface area contributed by atoms with Gasteiger partial charge in [-0.3, -0.25) is 0 Å². The van der Waals surface area contributed by atoms with Crippen molar-refractivity contribution in [3.8, 4) is 5.75 Å². The first-order valence-electron chi connectivity index (χ1n) is 9.73. The number of rotatable bonds is 9. The third kappa shape index (κ3) is 4.63. The lowest BCUT2D eigenvalue weighted by Crippen LogP contribution is -2.19. The lowest BCUT2D eigenvalue weighted by Gasteiger charge is -2.13. The summed E-state index contributed by atoms with van der Waals surface area (Å²) < 4.78 is 7.71. The Morgan fingerprint density at radius 1 is 1.28 bits per heavy atom. The van der Waals surface area contributed by atoms with Gasteiger partial charge in [-0.1, -0.05) is 25.0 Å². The SMILES string of the molecule is CCCCn1c(CNCCC2=CCCCC2)nc2cc(OC)ccc21. The van der Waals surface area contributed by atoms with E-state index >= 15 is 0 Å². The van der Waals surface area contributed by atoms with Crippen LogP contribution >= 0.6 is 0 Å². The predicted molar refractivity (Wildman–Crippen MR) is 104 cm³/mol. The summed E-state index contributed by atoms with van der Waals surface area (Å²) in [6.45, 7) is 5.12. The van der Waals surface area contributed by atoms with E-state index in [4.69, 9.17) is 9.72 Å². The van der Waals surface area contributed by atoms with E-state index in [0.717, 1.165) is 36.7 Å². The number of hydrogen-bond acceptors (Lipinski definition) is 3. The molecule has 1 N–H and O–H groups in total. The van der Waals surface area contributed by atoms with Gasteiger partial charge in [0.05, 0.1) is 24.7 Å². The van der Waals surface area contributed by atoms with Gasteiger partial charge < -0.3 is 14.6 Å². The van der Waals surface area contributed by atoms with Gasteiger partial charge in [-0.05, 0) is 57.2 Å². The molecule has 0 radical (unpaired) electrons. The van der Waals surface area contributed by atoms with E-state index in [0.29, 0.717) is 0 Å². The smallest absolute Gasteiger partial charge is 0.123 e. The predicted octanol–water partition coefficient (Wildman–Crippen LogP) is 4.83. The Hall–Kier alpha value is -1.81. The van der Waals surface area contributed by atoms with Crippen LogP contribution in [0.25, 0.3) is 11.0 Å². The van der Waals surface area contributed by atoms with Gasteiger partial charge in [-0.25, -0.2) is 4.98 Å². The lowest BCUT2D eigenvalue weighted by atomic mass is 9.97. The molecule has 0 bridgehead atoms. The quantitative estimate of drug-likeness (QED) is 0.525. The van der Waals surface area contributed by atoms with Crippen molar-refractivity contribution in [1.82, 2.24) is 14.9 Å².